The monoisotopic (exact) mass is 374 g/mol. The molecule has 0 fully saturated rings. The largest absolute Gasteiger partial charge is 0.344 e. The maximum absolute atomic E-state index is 12.2. The molecule has 0 aliphatic rings. The lowest BCUT2D eigenvalue weighted by molar-refractivity contribution is -0.126. The summed E-state index contributed by atoms with van der Waals surface area (Å²) in [5, 5.41) is 5.54. The van der Waals surface area contributed by atoms with E-state index in [0.29, 0.717) is 0 Å². The van der Waals surface area contributed by atoms with E-state index in [1.54, 1.807) is 0 Å². The van der Waals surface area contributed by atoms with E-state index >= 15 is 0 Å². The third-order valence-corrected chi connectivity index (χ3v) is 3.43. The van der Waals surface area contributed by atoms with E-state index in [1.165, 1.54) is 6.92 Å². The minimum atomic E-state index is -0.517. The Kier molecular flexibility index (Phi) is 5.78. The van der Waals surface area contributed by atoms with E-state index in [1.807, 2.05) is 39.0 Å². The zero-order valence-electron chi connectivity index (χ0n) is 11.6. The Bertz CT molecular complexity index is 486. The van der Waals surface area contributed by atoms with Gasteiger partial charge in [0.25, 0.3) is 0 Å². The van der Waals surface area contributed by atoms with Gasteiger partial charge in [0.05, 0.1) is 0 Å². The second-order valence-corrected chi connectivity index (χ2v) is 6.12. The fourth-order valence-electron chi connectivity index (χ4n) is 1.73. The van der Waals surface area contributed by atoms with Crippen LogP contribution in [0.1, 0.15) is 26.3 Å². The van der Waals surface area contributed by atoms with Gasteiger partial charge in [-0.15, -0.1) is 0 Å². The molecule has 0 bridgehead atoms. The summed E-state index contributed by atoms with van der Waals surface area (Å²) >= 11 is 2.23. The molecule has 0 aromatic heterocycles. The summed E-state index contributed by atoms with van der Waals surface area (Å²) in [6, 6.07) is 5.29. The van der Waals surface area contributed by atoms with Crippen LogP contribution in [-0.4, -0.2) is 17.9 Å². The molecule has 1 atom stereocenters. The molecule has 0 heterocycles. The normalized spacial score (nSPS) is 12.1. The Morgan fingerprint density at radius 3 is 2.37 bits per heavy atom. The van der Waals surface area contributed by atoms with Crippen LogP contribution in [0.15, 0.2) is 18.2 Å². The molecule has 1 rings (SSSR count). The molecular formula is C14H19IN2O2. The number of hydrogen-bond acceptors (Lipinski definition) is 2. The van der Waals surface area contributed by atoms with Crippen molar-refractivity contribution in [1.82, 2.24) is 5.32 Å². The van der Waals surface area contributed by atoms with Crippen molar-refractivity contribution in [3.8, 4) is 0 Å². The molecule has 4 nitrogen and oxygen atoms in total. The van der Waals surface area contributed by atoms with Crippen LogP contribution in [-0.2, 0) is 9.59 Å². The van der Waals surface area contributed by atoms with E-state index in [0.717, 1.165) is 14.8 Å². The van der Waals surface area contributed by atoms with Crippen molar-refractivity contribution in [1.29, 1.82) is 0 Å². The van der Waals surface area contributed by atoms with Crippen LogP contribution in [0.5, 0.6) is 0 Å². The van der Waals surface area contributed by atoms with E-state index in [-0.39, 0.29) is 17.7 Å². The first-order valence-electron chi connectivity index (χ1n) is 6.15. The van der Waals surface area contributed by atoms with E-state index in [9.17, 15) is 9.59 Å². The van der Waals surface area contributed by atoms with Gasteiger partial charge in [-0.25, -0.2) is 0 Å². The number of aryl methyl sites for hydroxylation is 1. The Labute approximate surface area is 127 Å². The van der Waals surface area contributed by atoms with Crippen molar-refractivity contribution < 1.29 is 9.59 Å². The smallest absolute Gasteiger partial charge is 0.247 e. The number of halogens is 1. The van der Waals surface area contributed by atoms with E-state index < -0.39 is 6.04 Å². The SMILES string of the molecule is CC(=O)NC(C(=O)Nc1ccc(I)cc1C)C(C)C. The molecule has 1 aromatic rings. The Morgan fingerprint density at radius 1 is 1.26 bits per heavy atom. The zero-order chi connectivity index (χ0) is 14.6. The van der Waals surface area contributed by atoms with Gasteiger partial charge >= 0.3 is 0 Å². The number of rotatable bonds is 4. The highest BCUT2D eigenvalue weighted by Gasteiger charge is 2.23. The molecule has 104 valence electrons. The van der Waals surface area contributed by atoms with Crippen LogP contribution < -0.4 is 10.6 Å². The summed E-state index contributed by atoms with van der Waals surface area (Å²) in [5.74, 6) is -0.351. The lowest BCUT2D eigenvalue weighted by atomic mass is 10.0. The van der Waals surface area contributed by atoms with Gasteiger partial charge in [0, 0.05) is 16.2 Å². The van der Waals surface area contributed by atoms with Crippen LogP contribution >= 0.6 is 22.6 Å². The molecule has 5 heteroatoms. The summed E-state index contributed by atoms with van der Waals surface area (Å²) in [5.41, 5.74) is 1.78. The van der Waals surface area contributed by atoms with Gasteiger partial charge in [-0.3, -0.25) is 9.59 Å². The van der Waals surface area contributed by atoms with Crippen molar-refractivity contribution in [3.63, 3.8) is 0 Å². The molecule has 0 spiro atoms. The maximum Gasteiger partial charge on any atom is 0.247 e. The van der Waals surface area contributed by atoms with Crippen LogP contribution in [0.2, 0.25) is 0 Å². The number of benzene rings is 1. The first-order valence-corrected chi connectivity index (χ1v) is 7.23. The molecule has 2 amide bonds. The minimum Gasteiger partial charge on any atom is -0.344 e. The van der Waals surface area contributed by atoms with Crippen LogP contribution in [0.4, 0.5) is 5.69 Å². The van der Waals surface area contributed by atoms with Crippen molar-refractivity contribution >= 4 is 40.1 Å². The Hall–Kier alpha value is -1.11. The van der Waals surface area contributed by atoms with Crippen molar-refractivity contribution in [2.75, 3.05) is 5.32 Å². The summed E-state index contributed by atoms with van der Waals surface area (Å²) in [4.78, 5) is 23.3. The van der Waals surface area contributed by atoms with Crippen molar-refractivity contribution in [3.05, 3.63) is 27.3 Å². The quantitative estimate of drug-likeness (QED) is 0.797. The molecule has 0 radical (unpaired) electrons. The number of carbonyl (C=O) groups excluding carboxylic acids is 2. The van der Waals surface area contributed by atoms with Crippen LogP contribution in [0, 0.1) is 16.4 Å². The molecule has 1 aromatic carbocycles. The summed E-state index contributed by atoms with van der Waals surface area (Å²) in [6.45, 7) is 7.17. The molecule has 19 heavy (non-hydrogen) atoms. The van der Waals surface area contributed by atoms with Crippen molar-refractivity contribution in [2.24, 2.45) is 5.92 Å². The van der Waals surface area contributed by atoms with Crippen molar-refractivity contribution in [2.45, 2.75) is 33.7 Å². The fourth-order valence-corrected chi connectivity index (χ4v) is 2.38. The molecule has 1 unspecified atom stereocenters. The molecule has 0 saturated carbocycles. The van der Waals surface area contributed by atoms with Crippen LogP contribution in [0.3, 0.4) is 0 Å². The number of hydrogen-bond donors (Lipinski definition) is 2. The average molecular weight is 374 g/mol. The molecular weight excluding hydrogens is 355 g/mol. The van der Waals surface area contributed by atoms with Gasteiger partial charge in [0.2, 0.25) is 11.8 Å². The van der Waals surface area contributed by atoms with E-state index in [2.05, 4.69) is 33.2 Å². The molecule has 0 saturated heterocycles. The highest BCUT2D eigenvalue weighted by molar-refractivity contribution is 14.1. The van der Waals surface area contributed by atoms with Gasteiger partial charge < -0.3 is 10.6 Å². The predicted molar refractivity (Wildman–Crippen MR) is 85.0 cm³/mol. The second kappa shape index (κ2) is 6.88. The third-order valence-electron chi connectivity index (χ3n) is 2.75. The third kappa shape index (κ3) is 4.81. The standard InChI is InChI=1S/C14H19IN2O2/c1-8(2)13(16-10(4)18)14(19)17-12-6-5-11(15)7-9(12)3/h5-8,13H,1-4H3,(H,16,18)(H,17,19). The number of carbonyl (C=O) groups is 2. The number of amides is 2. The lowest BCUT2D eigenvalue weighted by Crippen LogP contribution is -2.46. The highest BCUT2D eigenvalue weighted by Crippen LogP contribution is 2.18. The van der Waals surface area contributed by atoms with Gasteiger partial charge in [0.15, 0.2) is 0 Å². The maximum atomic E-state index is 12.2. The molecule has 0 aliphatic carbocycles. The highest BCUT2D eigenvalue weighted by atomic mass is 127. The zero-order valence-corrected chi connectivity index (χ0v) is 13.7. The minimum absolute atomic E-state index is 0.0352. The Morgan fingerprint density at radius 2 is 1.89 bits per heavy atom. The van der Waals surface area contributed by atoms with Gasteiger partial charge in [-0.1, -0.05) is 13.8 Å². The van der Waals surface area contributed by atoms with Gasteiger partial charge in [-0.2, -0.15) is 0 Å². The molecule has 2 N–H and O–H groups in total. The molecule has 0 aliphatic heterocycles. The fraction of sp³-hybridized carbons (Fsp3) is 0.429. The van der Waals surface area contributed by atoms with Gasteiger partial charge in [-0.05, 0) is 59.2 Å². The number of anilines is 1. The number of nitrogens with one attached hydrogen (secondary N) is 2. The van der Waals surface area contributed by atoms with Gasteiger partial charge in [0.1, 0.15) is 6.04 Å². The topological polar surface area (TPSA) is 58.2 Å². The first-order chi connectivity index (χ1) is 8.81. The Balaban J connectivity index is 2.84. The first kappa shape index (κ1) is 15.9. The summed E-state index contributed by atoms with van der Waals surface area (Å²) in [7, 11) is 0. The average Bonchev–Trinajstić information content (AvgIpc) is 2.29. The lowest BCUT2D eigenvalue weighted by Gasteiger charge is -2.21. The van der Waals surface area contributed by atoms with Crippen LogP contribution in [0.25, 0.3) is 0 Å². The predicted octanol–water partition coefficient (Wildman–Crippen LogP) is 2.70. The second-order valence-electron chi connectivity index (χ2n) is 4.87. The summed E-state index contributed by atoms with van der Waals surface area (Å²) in [6.07, 6.45) is 0. The summed E-state index contributed by atoms with van der Waals surface area (Å²) < 4.78 is 1.12. The van der Waals surface area contributed by atoms with E-state index in [4.69, 9.17) is 0 Å².